The van der Waals surface area contributed by atoms with Gasteiger partial charge in [0.1, 0.15) is 5.75 Å². The number of para-hydroxylation sites is 1. The number of phenolic OH excluding ortho intramolecular Hbond substituents is 1. The molecule has 0 aromatic heterocycles. The number of methoxy groups -OCH3 is 1. The lowest BCUT2D eigenvalue weighted by Crippen LogP contribution is -2.24. The van der Waals surface area contributed by atoms with E-state index in [1.165, 1.54) is 13.3 Å². The number of carbonyl (C=O) groups is 1. The largest absolute Gasteiger partial charge is 0.504 e. The Kier molecular flexibility index (Phi) is 6.25. The smallest absolute Gasteiger partial charge is 0.277 e. The third kappa shape index (κ3) is 4.88. The molecule has 0 radical (unpaired) electrons. The molecular weight excluding hydrogens is 356 g/mol. The highest BCUT2D eigenvalue weighted by Crippen LogP contribution is 2.28. The number of nitrogens with one attached hydrogen (secondary N) is 1. The fourth-order valence-electron chi connectivity index (χ4n) is 2.54. The first kappa shape index (κ1) is 19.0. The molecule has 6 heteroatoms. The summed E-state index contributed by atoms with van der Waals surface area (Å²) < 4.78 is 10.5. The maximum absolute atomic E-state index is 11.9. The van der Waals surface area contributed by atoms with E-state index in [1.54, 1.807) is 18.2 Å². The molecule has 3 aromatic carbocycles. The van der Waals surface area contributed by atoms with Crippen molar-refractivity contribution in [2.75, 3.05) is 13.7 Å². The van der Waals surface area contributed by atoms with Gasteiger partial charge in [-0.05, 0) is 35.4 Å². The van der Waals surface area contributed by atoms with Crippen LogP contribution in [0.25, 0.3) is 11.1 Å². The van der Waals surface area contributed by atoms with Crippen molar-refractivity contribution in [2.24, 2.45) is 5.10 Å². The highest BCUT2D eigenvalue weighted by Gasteiger charge is 2.06. The fraction of sp³-hybridized carbons (Fsp3) is 0.0909. The van der Waals surface area contributed by atoms with E-state index in [1.807, 2.05) is 54.6 Å². The third-order valence-electron chi connectivity index (χ3n) is 3.97. The highest BCUT2D eigenvalue weighted by atomic mass is 16.5. The number of rotatable bonds is 7. The van der Waals surface area contributed by atoms with Gasteiger partial charge in [-0.3, -0.25) is 4.79 Å². The van der Waals surface area contributed by atoms with Gasteiger partial charge in [0.15, 0.2) is 18.1 Å². The Morgan fingerprint density at radius 2 is 1.71 bits per heavy atom. The molecule has 2 N–H and O–H groups in total. The Hall–Kier alpha value is -3.80. The van der Waals surface area contributed by atoms with Crippen LogP contribution >= 0.6 is 0 Å². The Labute approximate surface area is 163 Å². The van der Waals surface area contributed by atoms with Crippen LogP contribution in [-0.4, -0.2) is 30.9 Å². The van der Waals surface area contributed by atoms with E-state index >= 15 is 0 Å². The number of hydrogen-bond donors (Lipinski definition) is 2. The SMILES string of the molecule is COc1cccc(/C=N\NC(=O)COc2ccc(-c3ccccc3)cc2)c1O. The molecule has 0 aliphatic rings. The average molecular weight is 376 g/mol. The van der Waals surface area contributed by atoms with Gasteiger partial charge in [-0.15, -0.1) is 0 Å². The van der Waals surface area contributed by atoms with Crippen molar-refractivity contribution in [2.45, 2.75) is 0 Å². The van der Waals surface area contributed by atoms with Crippen LogP contribution in [0, 0.1) is 0 Å². The zero-order chi connectivity index (χ0) is 19.8. The van der Waals surface area contributed by atoms with Crippen LogP contribution in [0.3, 0.4) is 0 Å². The van der Waals surface area contributed by atoms with Gasteiger partial charge >= 0.3 is 0 Å². The number of benzene rings is 3. The van der Waals surface area contributed by atoms with Crippen LogP contribution in [-0.2, 0) is 4.79 Å². The predicted octanol–water partition coefficient (Wildman–Crippen LogP) is 3.60. The maximum Gasteiger partial charge on any atom is 0.277 e. The first-order chi connectivity index (χ1) is 13.7. The number of carbonyl (C=O) groups excluding carboxylic acids is 1. The summed E-state index contributed by atoms with van der Waals surface area (Å²) in [7, 11) is 1.46. The summed E-state index contributed by atoms with van der Waals surface area (Å²) in [6, 6.07) is 22.5. The Bertz CT molecular complexity index is 954. The number of phenols is 1. The van der Waals surface area contributed by atoms with Crippen LogP contribution in [0.5, 0.6) is 17.2 Å². The molecule has 6 nitrogen and oxygen atoms in total. The fourth-order valence-corrected chi connectivity index (χ4v) is 2.54. The summed E-state index contributed by atoms with van der Waals surface area (Å²) in [5.74, 6) is 0.463. The monoisotopic (exact) mass is 376 g/mol. The summed E-state index contributed by atoms with van der Waals surface area (Å²) in [5, 5.41) is 13.8. The number of amides is 1. The van der Waals surface area contributed by atoms with E-state index < -0.39 is 5.91 Å². The second-order valence-electron chi connectivity index (χ2n) is 5.87. The Balaban J connectivity index is 1.51. The van der Waals surface area contributed by atoms with Crippen LogP contribution in [0.2, 0.25) is 0 Å². The van der Waals surface area contributed by atoms with Gasteiger partial charge in [0.05, 0.1) is 13.3 Å². The molecule has 0 unspecified atom stereocenters. The summed E-state index contributed by atoms with van der Waals surface area (Å²) in [6.07, 6.45) is 1.34. The molecule has 3 aromatic rings. The summed E-state index contributed by atoms with van der Waals surface area (Å²) in [5.41, 5.74) is 4.97. The molecule has 0 aliphatic carbocycles. The Morgan fingerprint density at radius 3 is 2.43 bits per heavy atom. The first-order valence-electron chi connectivity index (χ1n) is 8.63. The van der Waals surface area contributed by atoms with Gasteiger partial charge in [0, 0.05) is 5.56 Å². The molecule has 0 bridgehead atoms. The standard InChI is InChI=1S/C22H20N2O4/c1-27-20-9-5-8-18(22(20)26)14-23-24-21(25)15-28-19-12-10-17(11-13-19)16-6-3-2-4-7-16/h2-14,26H,15H2,1H3,(H,24,25)/b23-14-. The lowest BCUT2D eigenvalue weighted by Gasteiger charge is -2.07. The van der Waals surface area contributed by atoms with Crippen LogP contribution in [0.1, 0.15) is 5.56 Å². The topological polar surface area (TPSA) is 80.2 Å². The molecule has 3 rings (SSSR count). The highest BCUT2D eigenvalue weighted by molar-refractivity contribution is 5.86. The summed E-state index contributed by atoms with van der Waals surface area (Å²) in [6.45, 7) is -0.174. The van der Waals surface area contributed by atoms with Gasteiger partial charge in [0.25, 0.3) is 5.91 Å². The molecule has 28 heavy (non-hydrogen) atoms. The van der Waals surface area contributed by atoms with E-state index in [9.17, 15) is 9.90 Å². The minimum absolute atomic E-state index is 0.0437. The molecule has 0 fully saturated rings. The number of ether oxygens (including phenoxy) is 2. The molecule has 0 aliphatic heterocycles. The predicted molar refractivity (Wildman–Crippen MR) is 108 cm³/mol. The third-order valence-corrected chi connectivity index (χ3v) is 3.97. The molecule has 0 heterocycles. The molecule has 0 saturated carbocycles. The van der Waals surface area contributed by atoms with E-state index in [4.69, 9.17) is 9.47 Å². The van der Waals surface area contributed by atoms with Crippen molar-refractivity contribution in [3.05, 3.63) is 78.4 Å². The normalized spacial score (nSPS) is 10.6. The summed E-state index contributed by atoms with van der Waals surface area (Å²) in [4.78, 5) is 11.9. The molecular formula is C22H20N2O4. The van der Waals surface area contributed by atoms with Crippen molar-refractivity contribution in [3.63, 3.8) is 0 Å². The van der Waals surface area contributed by atoms with Gasteiger partial charge in [-0.25, -0.2) is 5.43 Å². The van der Waals surface area contributed by atoms with Crippen molar-refractivity contribution >= 4 is 12.1 Å². The van der Waals surface area contributed by atoms with Crippen LogP contribution in [0.15, 0.2) is 77.9 Å². The second-order valence-corrected chi connectivity index (χ2v) is 5.87. The molecule has 0 saturated heterocycles. The zero-order valence-electron chi connectivity index (χ0n) is 15.3. The van der Waals surface area contributed by atoms with Crippen molar-refractivity contribution in [1.29, 1.82) is 0 Å². The minimum atomic E-state index is -0.411. The zero-order valence-corrected chi connectivity index (χ0v) is 15.3. The van der Waals surface area contributed by atoms with Gasteiger partial charge in [-0.1, -0.05) is 48.5 Å². The average Bonchev–Trinajstić information content (AvgIpc) is 2.74. The maximum atomic E-state index is 11.9. The number of hydrogen-bond acceptors (Lipinski definition) is 5. The lowest BCUT2D eigenvalue weighted by molar-refractivity contribution is -0.123. The van der Waals surface area contributed by atoms with E-state index in [0.29, 0.717) is 17.1 Å². The van der Waals surface area contributed by atoms with E-state index in [2.05, 4.69) is 10.5 Å². The minimum Gasteiger partial charge on any atom is -0.504 e. The van der Waals surface area contributed by atoms with Gasteiger partial charge in [0.2, 0.25) is 0 Å². The number of nitrogens with zero attached hydrogens (tertiary/aromatic N) is 1. The number of aromatic hydroxyl groups is 1. The van der Waals surface area contributed by atoms with Gasteiger partial charge in [-0.2, -0.15) is 5.10 Å². The molecule has 0 atom stereocenters. The Morgan fingerprint density at radius 1 is 1.00 bits per heavy atom. The van der Waals surface area contributed by atoms with E-state index in [0.717, 1.165) is 11.1 Å². The van der Waals surface area contributed by atoms with Crippen LogP contribution < -0.4 is 14.9 Å². The van der Waals surface area contributed by atoms with E-state index in [-0.39, 0.29) is 12.4 Å². The molecule has 142 valence electrons. The van der Waals surface area contributed by atoms with Crippen LogP contribution in [0.4, 0.5) is 0 Å². The van der Waals surface area contributed by atoms with Gasteiger partial charge < -0.3 is 14.6 Å². The first-order valence-corrected chi connectivity index (χ1v) is 8.63. The lowest BCUT2D eigenvalue weighted by atomic mass is 10.1. The quantitative estimate of drug-likeness (QED) is 0.488. The summed E-state index contributed by atoms with van der Waals surface area (Å²) >= 11 is 0. The number of hydrazone groups is 1. The van der Waals surface area contributed by atoms with Crippen molar-refractivity contribution < 1.29 is 19.4 Å². The second kappa shape index (κ2) is 9.23. The molecule has 1 amide bonds. The van der Waals surface area contributed by atoms with Crippen molar-refractivity contribution in [3.8, 4) is 28.4 Å². The molecule has 0 spiro atoms. The van der Waals surface area contributed by atoms with Crippen molar-refractivity contribution in [1.82, 2.24) is 5.43 Å².